The zero-order valence-corrected chi connectivity index (χ0v) is 13.4. The van der Waals surface area contributed by atoms with E-state index in [-0.39, 0.29) is 0 Å². The second kappa shape index (κ2) is 6.75. The maximum Gasteiger partial charge on any atom is 0.128 e. The standard InChI is InChI=1S/C17H28N4/c1-3-18-12-15-6-7-17(19-14(15)2)21-11-8-16(13-21)20-9-4-5-10-20/h6-7,16,18H,3-5,8-13H2,1-2H3. The fraction of sp³-hybridized carbons (Fsp3) is 0.706. The molecule has 1 aromatic heterocycles. The molecule has 2 saturated heterocycles. The summed E-state index contributed by atoms with van der Waals surface area (Å²) in [6.07, 6.45) is 4.06. The first-order valence-corrected chi connectivity index (χ1v) is 8.44. The van der Waals surface area contributed by atoms with Crippen LogP contribution in [0.15, 0.2) is 12.1 Å². The maximum atomic E-state index is 4.84. The smallest absolute Gasteiger partial charge is 0.128 e. The van der Waals surface area contributed by atoms with Crippen LogP contribution in [0.25, 0.3) is 0 Å². The van der Waals surface area contributed by atoms with Crippen molar-refractivity contribution >= 4 is 5.82 Å². The van der Waals surface area contributed by atoms with Crippen molar-refractivity contribution in [2.45, 2.75) is 45.7 Å². The van der Waals surface area contributed by atoms with Crippen molar-refractivity contribution in [3.8, 4) is 0 Å². The number of nitrogens with zero attached hydrogens (tertiary/aromatic N) is 3. The van der Waals surface area contributed by atoms with Crippen molar-refractivity contribution in [2.75, 3.05) is 37.6 Å². The van der Waals surface area contributed by atoms with Gasteiger partial charge in [0.1, 0.15) is 5.82 Å². The Labute approximate surface area is 128 Å². The van der Waals surface area contributed by atoms with E-state index >= 15 is 0 Å². The van der Waals surface area contributed by atoms with Gasteiger partial charge >= 0.3 is 0 Å². The Bertz CT molecular complexity index is 468. The fourth-order valence-electron chi connectivity index (χ4n) is 3.55. The van der Waals surface area contributed by atoms with Crippen molar-refractivity contribution in [3.05, 3.63) is 23.4 Å². The highest BCUT2D eigenvalue weighted by atomic mass is 15.3. The van der Waals surface area contributed by atoms with Crippen molar-refractivity contribution in [3.63, 3.8) is 0 Å². The number of rotatable bonds is 5. The van der Waals surface area contributed by atoms with E-state index in [9.17, 15) is 0 Å². The topological polar surface area (TPSA) is 31.4 Å². The summed E-state index contributed by atoms with van der Waals surface area (Å²) in [7, 11) is 0. The minimum absolute atomic E-state index is 0.746. The molecular formula is C17H28N4. The first-order valence-electron chi connectivity index (χ1n) is 8.44. The normalized spacial score (nSPS) is 23.1. The van der Waals surface area contributed by atoms with Crippen LogP contribution in [0.4, 0.5) is 5.82 Å². The molecule has 2 aliphatic heterocycles. The van der Waals surface area contributed by atoms with Gasteiger partial charge in [0, 0.05) is 31.4 Å². The highest BCUT2D eigenvalue weighted by molar-refractivity contribution is 5.43. The van der Waals surface area contributed by atoms with Gasteiger partial charge in [0.15, 0.2) is 0 Å². The lowest BCUT2D eigenvalue weighted by atomic mass is 10.2. The van der Waals surface area contributed by atoms with Gasteiger partial charge in [-0.15, -0.1) is 0 Å². The first kappa shape index (κ1) is 14.8. The minimum atomic E-state index is 0.746. The second-order valence-electron chi connectivity index (χ2n) is 6.33. The maximum absolute atomic E-state index is 4.84. The highest BCUT2D eigenvalue weighted by Crippen LogP contribution is 2.24. The van der Waals surface area contributed by atoms with Crippen LogP contribution in [0.2, 0.25) is 0 Å². The Morgan fingerprint density at radius 2 is 2.05 bits per heavy atom. The van der Waals surface area contributed by atoms with Crippen LogP contribution in [-0.4, -0.2) is 48.6 Å². The lowest BCUT2D eigenvalue weighted by Crippen LogP contribution is -2.35. The summed E-state index contributed by atoms with van der Waals surface area (Å²) in [5.41, 5.74) is 2.48. The van der Waals surface area contributed by atoms with E-state index in [1.165, 1.54) is 37.9 Å². The van der Waals surface area contributed by atoms with Crippen LogP contribution in [0.1, 0.15) is 37.4 Å². The summed E-state index contributed by atoms with van der Waals surface area (Å²) in [5, 5.41) is 3.38. The third-order valence-corrected chi connectivity index (χ3v) is 4.89. The number of aryl methyl sites for hydroxylation is 1. The van der Waals surface area contributed by atoms with Crippen LogP contribution in [0, 0.1) is 6.92 Å². The van der Waals surface area contributed by atoms with E-state index < -0.39 is 0 Å². The molecule has 0 bridgehead atoms. The molecule has 2 aliphatic rings. The molecule has 3 rings (SSSR count). The molecule has 0 aliphatic carbocycles. The molecule has 4 heteroatoms. The average molecular weight is 288 g/mol. The molecular weight excluding hydrogens is 260 g/mol. The molecule has 0 radical (unpaired) electrons. The molecule has 4 nitrogen and oxygen atoms in total. The second-order valence-corrected chi connectivity index (χ2v) is 6.33. The van der Waals surface area contributed by atoms with Gasteiger partial charge in [0.25, 0.3) is 0 Å². The zero-order valence-electron chi connectivity index (χ0n) is 13.4. The van der Waals surface area contributed by atoms with Crippen LogP contribution < -0.4 is 10.2 Å². The molecule has 0 amide bonds. The molecule has 2 fully saturated rings. The Morgan fingerprint density at radius 1 is 1.24 bits per heavy atom. The number of hydrogen-bond acceptors (Lipinski definition) is 4. The molecule has 1 N–H and O–H groups in total. The molecule has 0 saturated carbocycles. The third-order valence-electron chi connectivity index (χ3n) is 4.89. The first-order chi connectivity index (χ1) is 10.3. The predicted octanol–water partition coefficient (Wildman–Crippen LogP) is 2.17. The number of likely N-dealkylation sites (tertiary alicyclic amines) is 1. The predicted molar refractivity (Wildman–Crippen MR) is 87.8 cm³/mol. The van der Waals surface area contributed by atoms with Gasteiger partial charge in [-0.1, -0.05) is 13.0 Å². The van der Waals surface area contributed by atoms with Gasteiger partial charge in [-0.05, 0) is 57.5 Å². The summed E-state index contributed by atoms with van der Waals surface area (Å²) in [5.74, 6) is 1.16. The van der Waals surface area contributed by atoms with Gasteiger partial charge in [-0.25, -0.2) is 4.98 Å². The van der Waals surface area contributed by atoms with Crippen LogP contribution in [0.3, 0.4) is 0 Å². The van der Waals surface area contributed by atoms with Gasteiger partial charge in [0.2, 0.25) is 0 Å². The minimum Gasteiger partial charge on any atom is -0.355 e. The highest BCUT2D eigenvalue weighted by Gasteiger charge is 2.29. The van der Waals surface area contributed by atoms with Gasteiger partial charge in [-0.2, -0.15) is 0 Å². The van der Waals surface area contributed by atoms with E-state index in [0.717, 1.165) is 43.7 Å². The van der Waals surface area contributed by atoms with E-state index in [4.69, 9.17) is 4.98 Å². The summed E-state index contributed by atoms with van der Waals surface area (Å²) in [6.45, 7) is 11.1. The van der Waals surface area contributed by atoms with E-state index in [2.05, 4.69) is 41.1 Å². The Balaban J connectivity index is 1.63. The number of anilines is 1. The third kappa shape index (κ3) is 3.38. The number of pyridine rings is 1. The summed E-state index contributed by atoms with van der Waals surface area (Å²) >= 11 is 0. The fourth-order valence-corrected chi connectivity index (χ4v) is 3.55. The van der Waals surface area contributed by atoms with Crippen LogP contribution >= 0.6 is 0 Å². The van der Waals surface area contributed by atoms with Crippen LogP contribution in [0.5, 0.6) is 0 Å². The Hall–Kier alpha value is -1.13. The summed E-state index contributed by atoms with van der Waals surface area (Å²) < 4.78 is 0. The largest absolute Gasteiger partial charge is 0.355 e. The quantitative estimate of drug-likeness (QED) is 0.900. The van der Waals surface area contributed by atoms with Gasteiger partial charge < -0.3 is 10.2 Å². The molecule has 0 spiro atoms. The van der Waals surface area contributed by atoms with Gasteiger partial charge in [0.05, 0.1) is 0 Å². The molecule has 116 valence electrons. The van der Waals surface area contributed by atoms with Crippen molar-refractivity contribution in [1.82, 2.24) is 15.2 Å². The molecule has 1 aromatic rings. The van der Waals surface area contributed by atoms with Crippen molar-refractivity contribution < 1.29 is 0 Å². The Kier molecular flexibility index (Phi) is 4.76. The molecule has 0 aromatic carbocycles. The lowest BCUT2D eigenvalue weighted by Gasteiger charge is -2.24. The van der Waals surface area contributed by atoms with Gasteiger partial charge in [-0.3, -0.25) is 4.90 Å². The van der Waals surface area contributed by atoms with Crippen molar-refractivity contribution in [2.24, 2.45) is 0 Å². The number of hydrogen-bond donors (Lipinski definition) is 1. The van der Waals surface area contributed by atoms with Crippen molar-refractivity contribution in [1.29, 1.82) is 0 Å². The van der Waals surface area contributed by atoms with E-state index in [1.54, 1.807) is 0 Å². The number of nitrogens with one attached hydrogen (secondary N) is 1. The average Bonchev–Trinajstić information content (AvgIpc) is 3.16. The molecule has 21 heavy (non-hydrogen) atoms. The van der Waals surface area contributed by atoms with E-state index in [1.807, 2.05) is 0 Å². The Morgan fingerprint density at radius 3 is 2.76 bits per heavy atom. The molecule has 1 unspecified atom stereocenters. The lowest BCUT2D eigenvalue weighted by molar-refractivity contribution is 0.260. The summed E-state index contributed by atoms with van der Waals surface area (Å²) in [4.78, 5) is 9.97. The van der Waals surface area contributed by atoms with E-state index in [0.29, 0.717) is 0 Å². The summed E-state index contributed by atoms with van der Waals surface area (Å²) in [6, 6.07) is 5.19. The monoisotopic (exact) mass is 288 g/mol. The van der Waals surface area contributed by atoms with Crippen LogP contribution in [-0.2, 0) is 6.54 Å². The molecule has 1 atom stereocenters. The zero-order chi connectivity index (χ0) is 14.7. The number of aromatic nitrogens is 1. The molecule has 3 heterocycles. The SMILES string of the molecule is CCNCc1ccc(N2CCC(N3CCCC3)C2)nc1C.